The number of methoxy groups -OCH3 is 1. The van der Waals surface area contributed by atoms with E-state index in [1.807, 2.05) is 6.92 Å². The van der Waals surface area contributed by atoms with E-state index in [1.54, 1.807) is 6.07 Å². The van der Waals surface area contributed by atoms with Crippen molar-refractivity contribution in [1.29, 1.82) is 0 Å². The maximum Gasteiger partial charge on any atom is 0.434 e. The van der Waals surface area contributed by atoms with Crippen molar-refractivity contribution in [2.24, 2.45) is 0 Å². The molecule has 10 nitrogen and oxygen atoms in total. The van der Waals surface area contributed by atoms with E-state index in [0.717, 1.165) is 23.6 Å². The number of nitrogens with zero attached hydrogens (tertiary/aromatic N) is 4. The lowest BCUT2D eigenvalue weighted by atomic mass is 10.0. The van der Waals surface area contributed by atoms with Gasteiger partial charge in [0.05, 0.1) is 18.5 Å². The van der Waals surface area contributed by atoms with Gasteiger partial charge in [0.1, 0.15) is 17.8 Å². The Bertz CT molecular complexity index is 1270. The normalized spacial score (nSPS) is 23.1. The predicted molar refractivity (Wildman–Crippen MR) is 118 cm³/mol. The highest BCUT2D eigenvalue weighted by atomic mass is 19.4. The van der Waals surface area contributed by atoms with Crippen molar-refractivity contribution in [2.75, 3.05) is 12.4 Å². The molecule has 3 aromatic heterocycles. The van der Waals surface area contributed by atoms with Gasteiger partial charge in [-0.15, -0.1) is 0 Å². The van der Waals surface area contributed by atoms with Gasteiger partial charge in [0.25, 0.3) is 0 Å². The van der Waals surface area contributed by atoms with Crippen molar-refractivity contribution in [1.82, 2.24) is 30.1 Å². The van der Waals surface area contributed by atoms with Gasteiger partial charge in [-0.05, 0) is 38.7 Å². The first-order valence-corrected chi connectivity index (χ1v) is 11.5. The van der Waals surface area contributed by atoms with Crippen molar-refractivity contribution >= 4 is 23.2 Å². The molecule has 5 rings (SSSR count). The monoisotopic (exact) mass is 511 g/mol. The van der Waals surface area contributed by atoms with Crippen LogP contribution in [-0.4, -0.2) is 55.8 Å². The Labute approximate surface area is 202 Å². The predicted octanol–water partition coefficient (Wildman–Crippen LogP) is 4.22. The number of alkyl carbamates (subject to hydrolysis) is 1. The van der Waals surface area contributed by atoms with E-state index in [0.29, 0.717) is 24.2 Å². The van der Waals surface area contributed by atoms with Crippen molar-refractivity contribution < 1.29 is 31.8 Å². The lowest BCUT2D eigenvalue weighted by molar-refractivity contribution is -0.141. The van der Waals surface area contributed by atoms with Crippen molar-refractivity contribution in [3.8, 4) is 0 Å². The fourth-order valence-electron chi connectivity index (χ4n) is 4.30. The van der Waals surface area contributed by atoms with Crippen molar-refractivity contribution in [2.45, 2.75) is 69.1 Å². The number of ether oxygens (including phenoxy) is 2. The smallest absolute Gasteiger partial charge is 0.434 e. The second-order valence-electron chi connectivity index (χ2n) is 9.46. The molecule has 3 heterocycles. The summed E-state index contributed by atoms with van der Waals surface area (Å²) in [5, 5.41) is 16.4. The second kappa shape index (κ2) is 8.91. The first kappa shape index (κ1) is 24.3. The Hall–Kier alpha value is -3.42. The van der Waals surface area contributed by atoms with Crippen LogP contribution in [-0.2, 0) is 22.3 Å². The number of alkyl halides is 4. The largest absolute Gasteiger partial charge is 0.443 e. The van der Waals surface area contributed by atoms with Crippen LogP contribution in [0.5, 0.6) is 0 Å². The van der Waals surface area contributed by atoms with Gasteiger partial charge in [0, 0.05) is 30.3 Å². The molecule has 2 fully saturated rings. The van der Waals surface area contributed by atoms with Gasteiger partial charge in [-0.3, -0.25) is 5.10 Å². The number of halogens is 4. The first-order valence-electron chi connectivity index (χ1n) is 11.5. The van der Waals surface area contributed by atoms with Gasteiger partial charge in [-0.1, -0.05) is 0 Å². The Kier molecular flexibility index (Phi) is 6.01. The SMILES string of the molecule is COCc1cc2c(Nc3cc([C@H]4CC[C@@H](OC(=O)NC5(C)CC5)[C@H]4F)[nH]n3)nc(C(F)(F)F)cn2n1. The maximum absolute atomic E-state index is 15.1. The molecule has 3 aromatic rings. The summed E-state index contributed by atoms with van der Waals surface area (Å²) in [7, 11) is 1.45. The number of H-pyrrole nitrogens is 1. The fourth-order valence-corrected chi connectivity index (χ4v) is 4.30. The van der Waals surface area contributed by atoms with E-state index in [1.165, 1.54) is 13.2 Å². The number of carbonyl (C=O) groups excluding carboxylic acids is 1. The van der Waals surface area contributed by atoms with Crippen LogP contribution in [0.1, 0.15) is 55.6 Å². The van der Waals surface area contributed by atoms with Gasteiger partial charge in [0.2, 0.25) is 0 Å². The number of rotatable bonds is 7. The molecule has 194 valence electrons. The molecule has 0 spiro atoms. The average molecular weight is 511 g/mol. The summed E-state index contributed by atoms with van der Waals surface area (Å²) < 4.78 is 66.7. The minimum atomic E-state index is -4.70. The summed E-state index contributed by atoms with van der Waals surface area (Å²) >= 11 is 0. The topological polar surface area (TPSA) is 118 Å². The lowest BCUT2D eigenvalue weighted by Crippen LogP contribution is -2.38. The standard InChI is InChI=1S/C22H25F4N7O3/c1-21(5-6-21)29-20(34)36-15-4-3-12(18(15)23)13-8-17(31-30-13)28-19-14-7-11(10-35-2)32-33(14)9-16(27-19)22(24,25)26/h7-9,12,15,18H,3-6,10H2,1-2H3,(H,29,34)(H2,27,28,30,31)/t12-,15-,18+/m1/s1. The van der Waals surface area contributed by atoms with Crippen LogP contribution >= 0.6 is 0 Å². The van der Waals surface area contributed by atoms with E-state index in [-0.39, 0.29) is 29.3 Å². The number of aromatic nitrogens is 5. The van der Waals surface area contributed by atoms with E-state index in [9.17, 15) is 18.0 Å². The van der Waals surface area contributed by atoms with Crippen molar-refractivity contribution in [3.05, 3.63) is 35.4 Å². The summed E-state index contributed by atoms with van der Waals surface area (Å²) in [6.45, 7) is 2.00. The fraction of sp³-hybridized carbons (Fsp3) is 0.545. The summed E-state index contributed by atoms with van der Waals surface area (Å²) in [5.41, 5.74) is -0.275. The molecule has 14 heteroatoms. The van der Waals surface area contributed by atoms with Crippen LogP contribution in [0.2, 0.25) is 0 Å². The van der Waals surface area contributed by atoms with Crippen LogP contribution < -0.4 is 10.6 Å². The molecule has 3 N–H and O–H groups in total. The number of anilines is 2. The number of hydrogen-bond acceptors (Lipinski definition) is 7. The quantitative estimate of drug-likeness (QED) is 0.407. The van der Waals surface area contributed by atoms with E-state index in [4.69, 9.17) is 9.47 Å². The third-order valence-electron chi connectivity index (χ3n) is 6.50. The Morgan fingerprint density at radius 3 is 2.78 bits per heavy atom. The average Bonchev–Trinajstić information content (AvgIpc) is 3.14. The third kappa shape index (κ3) is 4.94. The summed E-state index contributed by atoms with van der Waals surface area (Å²) in [6, 6.07) is 3.06. The Balaban J connectivity index is 1.32. The maximum atomic E-state index is 15.1. The van der Waals surface area contributed by atoms with Gasteiger partial charge in [-0.2, -0.15) is 23.4 Å². The molecule has 2 aliphatic rings. The number of aromatic amines is 1. The van der Waals surface area contributed by atoms with Crippen LogP contribution in [0.15, 0.2) is 18.3 Å². The van der Waals surface area contributed by atoms with Gasteiger partial charge >= 0.3 is 12.3 Å². The second-order valence-corrected chi connectivity index (χ2v) is 9.46. The summed E-state index contributed by atoms with van der Waals surface area (Å²) in [4.78, 5) is 15.8. The van der Waals surface area contributed by atoms with Gasteiger partial charge in [0.15, 0.2) is 17.3 Å². The minimum Gasteiger partial charge on any atom is -0.443 e. The van der Waals surface area contributed by atoms with Crippen LogP contribution in [0.25, 0.3) is 5.52 Å². The summed E-state index contributed by atoms with van der Waals surface area (Å²) in [6.07, 6.45) is -4.42. The number of nitrogens with one attached hydrogen (secondary N) is 3. The molecule has 1 amide bonds. The highest BCUT2D eigenvalue weighted by Crippen LogP contribution is 2.40. The summed E-state index contributed by atoms with van der Waals surface area (Å²) in [5.74, 6) is -0.572. The van der Waals surface area contributed by atoms with E-state index >= 15 is 4.39 Å². The Morgan fingerprint density at radius 1 is 1.31 bits per heavy atom. The van der Waals surface area contributed by atoms with Crippen LogP contribution in [0, 0.1) is 0 Å². The molecular weight excluding hydrogens is 486 g/mol. The molecule has 0 unspecified atom stereocenters. The number of carbonyl (C=O) groups is 1. The number of amides is 1. The first-order chi connectivity index (χ1) is 17.0. The van der Waals surface area contributed by atoms with E-state index < -0.39 is 36.2 Å². The molecule has 0 aromatic carbocycles. The zero-order valence-corrected chi connectivity index (χ0v) is 19.5. The molecule has 0 saturated heterocycles. The van der Waals surface area contributed by atoms with Gasteiger partial charge in [-0.25, -0.2) is 18.7 Å². The van der Waals surface area contributed by atoms with Crippen molar-refractivity contribution in [3.63, 3.8) is 0 Å². The minimum absolute atomic E-state index is 0.106. The molecular formula is C22H25F4N7O3. The zero-order chi connectivity index (χ0) is 25.7. The molecule has 0 aliphatic heterocycles. The van der Waals surface area contributed by atoms with E-state index in [2.05, 4.69) is 30.9 Å². The molecule has 0 radical (unpaired) electrons. The number of fused-ring (bicyclic) bond motifs is 1. The molecule has 3 atom stereocenters. The van der Waals surface area contributed by atoms with Gasteiger partial charge < -0.3 is 20.1 Å². The molecule has 2 aliphatic carbocycles. The highest BCUT2D eigenvalue weighted by molar-refractivity contribution is 5.73. The van der Waals surface area contributed by atoms with Crippen LogP contribution in [0.3, 0.4) is 0 Å². The Morgan fingerprint density at radius 2 is 2.08 bits per heavy atom. The lowest BCUT2D eigenvalue weighted by Gasteiger charge is -2.19. The molecule has 36 heavy (non-hydrogen) atoms. The van der Waals surface area contributed by atoms with Crippen LogP contribution in [0.4, 0.5) is 34.0 Å². The highest BCUT2D eigenvalue weighted by Gasteiger charge is 2.43. The zero-order valence-electron chi connectivity index (χ0n) is 19.5. The number of hydrogen-bond donors (Lipinski definition) is 3. The third-order valence-corrected chi connectivity index (χ3v) is 6.50. The molecule has 0 bridgehead atoms. The molecule has 2 saturated carbocycles.